The van der Waals surface area contributed by atoms with E-state index in [1.807, 2.05) is 6.07 Å². The molecule has 0 bridgehead atoms. The van der Waals surface area contributed by atoms with E-state index in [1.165, 1.54) is 24.0 Å². The van der Waals surface area contributed by atoms with Gasteiger partial charge in [0.25, 0.3) is 0 Å². The van der Waals surface area contributed by atoms with Gasteiger partial charge < -0.3 is 10.0 Å². The Labute approximate surface area is 115 Å². The van der Waals surface area contributed by atoms with Crippen molar-refractivity contribution in [2.75, 3.05) is 20.1 Å². The minimum Gasteiger partial charge on any atom is -0.481 e. The highest BCUT2D eigenvalue weighted by atomic mass is 16.4. The lowest BCUT2D eigenvalue weighted by Gasteiger charge is -2.30. The summed E-state index contributed by atoms with van der Waals surface area (Å²) in [5.41, 5.74) is 2.58. The molecule has 1 unspecified atom stereocenters. The number of carboxylic acids is 1. The Bertz CT molecular complexity index is 436. The molecule has 1 atom stereocenters. The number of hydrogen-bond acceptors (Lipinski definition) is 2. The molecule has 3 nitrogen and oxygen atoms in total. The van der Waals surface area contributed by atoms with Gasteiger partial charge in [-0.15, -0.1) is 0 Å². The number of aliphatic carboxylic acids is 1. The van der Waals surface area contributed by atoms with Gasteiger partial charge in [0.2, 0.25) is 0 Å². The third-order valence-corrected chi connectivity index (χ3v) is 4.16. The number of likely N-dealkylation sites (tertiary alicyclic amines) is 1. The van der Waals surface area contributed by atoms with Crippen LogP contribution in [0.25, 0.3) is 0 Å². The number of benzene rings is 1. The van der Waals surface area contributed by atoms with Gasteiger partial charge in [-0.3, -0.25) is 4.79 Å². The highest BCUT2D eigenvalue weighted by Crippen LogP contribution is 2.30. The minimum absolute atomic E-state index is 0.313. The molecule has 2 rings (SSSR count). The third-order valence-electron chi connectivity index (χ3n) is 4.16. The predicted molar refractivity (Wildman–Crippen MR) is 76.4 cm³/mol. The SMILES string of the molecule is CC(Cc1ccccc1C1CCN(C)CC1)C(=O)O. The summed E-state index contributed by atoms with van der Waals surface area (Å²) in [5.74, 6) is -0.431. The van der Waals surface area contributed by atoms with Crippen LogP contribution < -0.4 is 0 Å². The molecule has 1 heterocycles. The maximum Gasteiger partial charge on any atom is 0.306 e. The van der Waals surface area contributed by atoms with Gasteiger partial charge in [0.1, 0.15) is 0 Å². The molecule has 1 fully saturated rings. The first-order chi connectivity index (χ1) is 9.08. The first kappa shape index (κ1) is 14.1. The van der Waals surface area contributed by atoms with Gasteiger partial charge in [0.05, 0.1) is 5.92 Å². The summed E-state index contributed by atoms with van der Waals surface area (Å²) in [6.07, 6.45) is 2.99. The van der Waals surface area contributed by atoms with Crippen LogP contribution in [0.1, 0.15) is 36.8 Å². The number of hydrogen-bond donors (Lipinski definition) is 1. The average molecular weight is 261 g/mol. The molecule has 3 heteroatoms. The molecule has 1 aromatic carbocycles. The molecular formula is C16H23NO2. The molecule has 0 aromatic heterocycles. The smallest absolute Gasteiger partial charge is 0.306 e. The molecule has 0 amide bonds. The van der Waals surface area contributed by atoms with E-state index in [0.717, 1.165) is 13.1 Å². The van der Waals surface area contributed by atoms with Crippen molar-refractivity contribution in [2.24, 2.45) is 5.92 Å². The van der Waals surface area contributed by atoms with E-state index in [1.54, 1.807) is 6.92 Å². The van der Waals surface area contributed by atoms with Crippen LogP contribution in [0, 0.1) is 5.92 Å². The molecule has 1 saturated heterocycles. The van der Waals surface area contributed by atoms with Gasteiger partial charge in [0, 0.05) is 0 Å². The molecule has 104 valence electrons. The number of nitrogens with zero attached hydrogens (tertiary/aromatic N) is 1. The Balaban J connectivity index is 2.14. The molecule has 1 aliphatic rings. The third kappa shape index (κ3) is 3.57. The van der Waals surface area contributed by atoms with E-state index >= 15 is 0 Å². The zero-order chi connectivity index (χ0) is 13.8. The lowest BCUT2D eigenvalue weighted by Crippen LogP contribution is -2.29. The topological polar surface area (TPSA) is 40.5 Å². The van der Waals surface area contributed by atoms with Crippen molar-refractivity contribution in [2.45, 2.75) is 32.1 Å². The van der Waals surface area contributed by atoms with Gasteiger partial charge >= 0.3 is 5.97 Å². The van der Waals surface area contributed by atoms with Crippen molar-refractivity contribution in [3.8, 4) is 0 Å². The van der Waals surface area contributed by atoms with Crippen LogP contribution in [0.3, 0.4) is 0 Å². The van der Waals surface area contributed by atoms with Crippen molar-refractivity contribution in [1.29, 1.82) is 0 Å². The van der Waals surface area contributed by atoms with Crippen LogP contribution in [-0.2, 0) is 11.2 Å². The molecule has 0 radical (unpaired) electrons. The van der Waals surface area contributed by atoms with Crippen LogP contribution in [0.2, 0.25) is 0 Å². The fourth-order valence-corrected chi connectivity index (χ4v) is 2.86. The zero-order valence-electron chi connectivity index (χ0n) is 11.8. The van der Waals surface area contributed by atoms with Crippen LogP contribution in [0.4, 0.5) is 0 Å². The van der Waals surface area contributed by atoms with Crippen LogP contribution in [0.15, 0.2) is 24.3 Å². The second-order valence-corrected chi connectivity index (χ2v) is 5.72. The van der Waals surface area contributed by atoms with Crippen molar-refractivity contribution in [3.05, 3.63) is 35.4 Å². The summed E-state index contributed by atoms with van der Waals surface area (Å²) in [6.45, 7) is 4.05. The highest BCUT2D eigenvalue weighted by molar-refractivity contribution is 5.70. The largest absolute Gasteiger partial charge is 0.481 e. The van der Waals surface area contributed by atoms with Crippen molar-refractivity contribution in [1.82, 2.24) is 4.90 Å². The molecule has 19 heavy (non-hydrogen) atoms. The van der Waals surface area contributed by atoms with Gasteiger partial charge in [-0.25, -0.2) is 0 Å². The second kappa shape index (κ2) is 6.20. The maximum absolute atomic E-state index is 11.0. The van der Waals surface area contributed by atoms with Gasteiger partial charge in [-0.1, -0.05) is 31.2 Å². The van der Waals surface area contributed by atoms with Crippen molar-refractivity contribution >= 4 is 5.97 Å². The summed E-state index contributed by atoms with van der Waals surface area (Å²) in [4.78, 5) is 13.4. The lowest BCUT2D eigenvalue weighted by molar-refractivity contribution is -0.141. The monoisotopic (exact) mass is 261 g/mol. The van der Waals surface area contributed by atoms with Crippen LogP contribution >= 0.6 is 0 Å². The summed E-state index contributed by atoms with van der Waals surface area (Å²) in [5, 5.41) is 9.07. The average Bonchev–Trinajstić information content (AvgIpc) is 2.40. The molecule has 1 N–H and O–H groups in total. The minimum atomic E-state index is -0.710. The summed E-state index contributed by atoms with van der Waals surface area (Å²) < 4.78 is 0. The Morgan fingerprint density at radius 2 is 2.00 bits per heavy atom. The Kier molecular flexibility index (Phi) is 4.59. The first-order valence-corrected chi connectivity index (χ1v) is 7.07. The summed E-state index contributed by atoms with van der Waals surface area (Å²) >= 11 is 0. The van der Waals surface area contributed by atoms with E-state index in [0.29, 0.717) is 12.3 Å². The fraction of sp³-hybridized carbons (Fsp3) is 0.562. The first-order valence-electron chi connectivity index (χ1n) is 7.07. The van der Waals surface area contributed by atoms with E-state index < -0.39 is 5.97 Å². The van der Waals surface area contributed by atoms with E-state index in [4.69, 9.17) is 5.11 Å². The summed E-state index contributed by atoms with van der Waals surface area (Å²) in [7, 11) is 2.16. The number of carbonyl (C=O) groups is 1. The number of piperidine rings is 1. The fourth-order valence-electron chi connectivity index (χ4n) is 2.86. The Hall–Kier alpha value is -1.35. The van der Waals surface area contributed by atoms with Gasteiger partial charge in [0.15, 0.2) is 0 Å². The number of rotatable bonds is 4. The van der Waals surface area contributed by atoms with Gasteiger partial charge in [-0.2, -0.15) is 0 Å². The Morgan fingerprint density at radius 3 is 2.63 bits per heavy atom. The van der Waals surface area contributed by atoms with E-state index in [9.17, 15) is 4.79 Å². The highest BCUT2D eigenvalue weighted by Gasteiger charge is 2.22. The van der Waals surface area contributed by atoms with Crippen LogP contribution in [0.5, 0.6) is 0 Å². The molecule has 0 spiro atoms. The molecule has 0 saturated carbocycles. The molecule has 1 aliphatic heterocycles. The molecular weight excluding hydrogens is 238 g/mol. The Morgan fingerprint density at radius 1 is 1.37 bits per heavy atom. The molecule has 0 aliphatic carbocycles. The van der Waals surface area contributed by atoms with E-state index in [-0.39, 0.29) is 5.92 Å². The maximum atomic E-state index is 11.0. The van der Waals surface area contributed by atoms with Crippen LogP contribution in [-0.4, -0.2) is 36.1 Å². The predicted octanol–water partition coefficient (Wildman–Crippen LogP) is 2.76. The second-order valence-electron chi connectivity index (χ2n) is 5.72. The quantitative estimate of drug-likeness (QED) is 0.906. The van der Waals surface area contributed by atoms with Crippen molar-refractivity contribution in [3.63, 3.8) is 0 Å². The van der Waals surface area contributed by atoms with E-state index in [2.05, 4.69) is 30.1 Å². The standard InChI is InChI=1S/C16H23NO2/c1-12(16(18)19)11-14-5-3-4-6-15(14)13-7-9-17(2)10-8-13/h3-6,12-13H,7-11H2,1-2H3,(H,18,19). The van der Waals surface area contributed by atoms with Crippen molar-refractivity contribution < 1.29 is 9.90 Å². The normalized spacial score (nSPS) is 19.3. The lowest BCUT2D eigenvalue weighted by atomic mass is 9.84. The molecule has 1 aromatic rings. The zero-order valence-corrected chi connectivity index (χ0v) is 11.8. The van der Waals surface area contributed by atoms with Gasteiger partial charge in [-0.05, 0) is 56.4 Å². The summed E-state index contributed by atoms with van der Waals surface area (Å²) in [6, 6.07) is 8.36. The number of carboxylic acid groups (broad SMARTS) is 1.